The fourth-order valence-electron chi connectivity index (χ4n) is 5.04. The molecule has 28 heavy (non-hydrogen) atoms. The molecule has 0 radical (unpaired) electrons. The number of carbonyl (C=O) groups excluding carboxylic acids is 1. The van der Waals surface area contributed by atoms with Gasteiger partial charge < -0.3 is 0 Å². The third kappa shape index (κ3) is 2.78. The van der Waals surface area contributed by atoms with Gasteiger partial charge in [-0.05, 0) is 68.6 Å². The Labute approximate surface area is 170 Å². The molecule has 1 aromatic carbocycles. The molecule has 5 heteroatoms. The number of nitrogens with zero attached hydrogens (tertiary/aromatic N) is 3. The average Bonchev–Trinajstić information content (AvgIpc) is 3.11. The Morgan fingerprint density at radius 2 is 2.11 bits per heavy atom. The number of fused-ring (bicyclic) bond motifs is 6. The number of carbonyl (C=O) groups is 1. The van der Waals surface area contributed by atoms with E-state index in [9.17, 15) is 4.79 Å². The number of hydrogen-bond donors (Lipinski definition) is 0. The van der Waals surface area contributed by atoms with Crippen molar-refractivity contribution in [2.45, 2.75) is 51.1 Å². The number of halogens is 1. The Kier molecular flexibility index (Phi) is 4.29. The van der Waals surface area contributed by atoms with Gasteiger partial charge in [0.15, 0.2) is 0 Å². The van der Waals surface area contributed by atoms with E-state index in [0.717, 1.165) is 40.0 Å². The molecule has 1 fully saturated rings. The predicted octanol–water partition coefficient (Wildman–Crippen LogP) is 4.96. The van der Waals surface area contributed by atoms with Crippen molar-refractivity contribution in [1.29, 1.82) is 0 Å². The quantitative estimate of drug-likeness (QED) is 0.631. The van der Waals surface area contributed by atoms with Crippen LogP contribution in [0.1, 0.15) is 52.6 Å². The molecule has 0 aliphatic carbocycles. The highest BCUT2D eigenvalue weighted by Crippen LogP contribution is 2.47. The molecule has 0 saturated carbocycles. The van der Waals surface area contributed by atoms with Gasteiger partial charge in [-0.3, -0.25) is 19.2 Å². The van der Waals surface area contributed by atoms with E-state index in [1.54, 1.807) is 0 Å². The fourth-order valence-corrected chi connectivity index (χ4v) is 5.21. The van der Waals surface area contributed by atoms with Crippen LogP contribution in [0.5, 0.6) is 0 Å². The molecule has 2 aliphatic rings. The normalized spacial score (nSPS) is 21.2. The lowest BCUT2D eigenvalue weighted by Gasteiger charge is -2.32. The maximum atomic E-state index is 13.3. The smallest absolute Gasteiger partial charge is 0.231 e. The van der Waals surface area contributed by atoms with E-state index < -0.39 is 0 Å². The zero-order chi connectivity index (χ0) is 19.4. The van der Waals surface area contributed by atoms with Crippen LogP contribution in [0, 0.1) is 6.92 Å². The van der Waals surface area contributed by atoms with Gasteiger partial charge in [-0.1, -0.05) is 17.7 Å². The highest BCUT2D eigenvalue weighted by atomic mass is 35.5. The highest BCUT2D eigenvalue weighted by Gasteiger charge is 2.41. The van der Waals surface area contributed by atoms with Crippen molar-refractivity contribution in [3.8, 4) is 0 Å². The molecule has 0 N–H and O–H groups in total. The monoisotopic (exact) mass is 393 g/mol. The molecule has 2 aromatic heterocycles. The first kappa shape index (κ1) is 17.9. The largest absolute Gasteiger partial charge is 0.296 e. The zero-order valence-corrected chi connectivity index (χ0v) is 17.0. The van der Waals surface area contributed by atoms with Crippen LogP contribution in [-0.2, 0) is 12.8 Å². The Balaban J connectivity index is 1.55. The zero-order valence-electron chi connectivity index (χ0n) is 16.3. The molecular weight excluding hydrogens is 370 g/mol. The summed E-state index contributed by atoms with van der Waals surface area (Å²) in [5.74, 6) is 0.165. The predicted molar refractivity (Wildman–Crippen MR) is 112 cm³/mol. The molecule has 2 unspecified atom stereocenters. The molecule has 3 aromatic rings. The van der Waals surface area contributed by atoms with Gasteiger partial charge >= 0.3 is 0 Å². The van der Waals surface area contributed by atoms with Crippen LogP contribution >= 0.6 is 11.6 Å². The lowest BCUT2D eigenvalue weighted by Crippen LogP contribution is -2.35. The van der Waals surface area contributed by atoms with Gasteiger partial charge in [-0.25, -0.2) is 0 Å². The van der Waals surface area contributed by atoms with Gasteiger partial charge in [0.05, 0.1) is 5.52 Å². The van der Waals surface area contributed by atoms with Gasteiger partial charge in [0, 0.05) is 52.9 Å². The van der Waals surface area contributed by atoms with Crippen LogP contribution < -0.4 is 0 Å². The van der Waals surface area contributed by atoms with Gasteiger partial charge in [0.2, 0.25) is 5.91 Å². The van der Waals surface area contributed by atoms with Crippen molar-refractivity contribution >= 4 is 28.4 Å². The van der Waals surface area contributed by atoms with Crippen LogP contribution in [0.3, 0.4) is 0 Å². The lowest BCUT2D eigenvalue weighted by atomic mass is 9.97. The number of rotatable bonds is 3. The summed E-state index contributed by atoms with van der Waals surface area (Å²) in [7, 11) is 2.21. The van der Waals surface area contributed by atoms with Crippen LogP contribution in [-0.4, -0.2) is 33.4 Å². The number of benzene rings is 1. The minimum Gasteiger partial charge on any atom is -0.296 e. The van der Waals surface area contributed by atoms with Gasteiger partial charge in [-0.15, -0.1) is 0 Å². The number of aromatic nitrogens is 2. The molecule has 0 amide bonds. The van der Waals surface area contributed by atoms with Crippen molar-refractivity contribution in [2.75, 3.05) is 7.05 Å². The molecule has 1 saturated heterocycles. The molecule has 4 nitrogen and oxygen atoms in total. The maximum Gasteiger partial charge on any atom is 0.231 e. The number of hydrogen-bond acceptors (Lipinski definition) is 3. The summed E-state index contributed by atoms with van der Waals surface area (Å²) in [6.07, 6.45) is 6.35. The molecule has 5 rings (SSSR count). The summed E-state index contributed by atoms with van der Waals surface area (Å²) in [6.45, 7) is 1.98. The summed E-state index contributed by atoms with van der Waals surface area (Å²) >= 11 is 6.33. The molecule has 0 spiro atoms. The Hall–Kier alpha value is -2.17. The molecule has 144 valence electrons. The second-order valence-corrected chi connectivity index (χ2v) is 8.61. The van der Waals surface area contributed by atoms with Crippen LogP contribution in [0.4, 0.5) is 0 Å². The van der Waals surface area contributed by atoms with Crippen molar-refractivity contribution in [3.63, 3.8) is 0 Å². The van der Waals surface area contributed by atoms with Crippen molar-refractivity contribution in [3.05, 3.63) is 64.1 Å². The minimum absolute atomic E-state index is 0.165. The SMILES string of the molecule is Cc1ccc(CCC(=O)n2c3c(c4cc(Cl)ccc42)C2CCC(C3)N2C)cn1. The Morgan fingerprint density at radius 1 is 1.25 bits per heavy atom. The number of likely N-dealkylation sites (N-methyl/N-ethyl adjacent to an activating group) is 1. The fraction of sp³-hybridized carbons (Fsp3) is 0.391. The first-order chi connectivity index (χ1) is 13.5. The van der Waals surface area contributed by atoms with E-state index in [4.69, 9.17) is 11.6 Å². The van der Waals surface area contributed by atoms with Gasteiger partial charge in [0.1, 0.15) is 0 Å². The van der Waals surface area contributed by atoms with E-state index in [1.807, 2.05) is 42.0 Å². The van der Waals surface area contributed by atoms with Crippen molar-refractivity contribution in [2.24, 2.45) is 0 Å². The lowest BCUT2D eigenvalue weighted by molar-refractivity contribution is 0.0901. The number of pyridine rings is 1. The average molecular weight is 394 g/mol. The summed E-state index contributed by atoms with van der Waals surface area (Å²) in [5.41, 5.74) is 5.63. The van der Waals surface area contributed by atoms with E-state index in [2.05, 4.69) is 23.0 Å². The van der Waals surface area contributed by atoms with E-state index in [-0.39, 0.29) is 5.91 Å². The Bertz CT molecular complexity index is 1070. The summed E-state index contributed by atoms with van der Waals surface area (Å²) in [4.78, 5) is 20.2. The first-order valence-electron chi connectivity index (χ1n) is 10.0. The molecular formula is C23H24ClN3O. The molecule has 2 atom stereocenters. The Morgan fingerprint density at radius 3 is 2.89 bits per heavy atom. The van der Waals surface area contributed by atoms with Crippen molar-refractivity contribution < 1.29 is 4.79 Å². The standard InChI is InChI=1S/C23H24ClN3O/c1-14-3-4-15(13-25-14)5-10-22(28)27-19-8-6-16(24)11-18(19)23-20-9-7-17(26(20)2)12-21(23)27/h3-4,6,8,11,13,17,20H,5,7,9-10,12H2,1-2H3. The van der Waals surface area contributed by atoms with Crippen LogP contribution in [0.25, 0.3) is 10.9 Å². The second kappa shape index (κ2) is 6.71. The summed E-state index contributed by atoms with van der Waals surface area (Å²) in [6, 6.07) is 10.9. The molecule has 2 bridgehead atoms. The maximum absolute atomic E-state index is 13.3. The van der Waals surface area contributed by atoms with E-state index in [0.29, 0.717) is 24.9 Å². The van der Waals surface area contributed by atoms with Crippen molar-refractivity contribution in [1.82, 2.24) is 14.5 Å². The van der Waals surface area contributed by atoms with Gasteiger partial charge in [-0.2, -0.15) is 0 Å². The highest BCUT2D eigenvalue weighted by molar-refractivity contribution is 6.31. The number of aryl methyl sites for hydroxylation is 2. The van der Waals surface area contributed by atoms with Crippen LogP contribution in [0.2, 0.25) is 5.02 Å². The van der Waals surface area contributed by atoms with Gasteiger partial charge in [0.25, 0.3) is 0 Å². The van der Waals surface area contributed by atoms with Crippen LogP contribution in [0.15, 0.2) is 36.5 Å². The second-order valence-electron chi connectivity index (χ2n) is 8.18. The topological polar surface area (TPSA) is 38.1 Å². The summed E-state index contributed by atoms with van der Waals surface area (Å²) in [5, 5.41) is 1.87. The third-order valence-electron chi connectivity index (χ3n) is 6.52. The minimum atomic E-state index is 0.165. The van der Waals surface area contributed by atoms with E-state index >= 15 is 0 Å². The molecule has 4 heterocycles. The van der Waals surface area contributed by atoms with E-state index in [1.165, 1.54) is 17.7 Å². The third-order valence-corrected chi connectivity index (χ3v) is 6.76. The first-order valence-corrected chi connectivity index (χ1v) is 10.4. The summed E-state index contributed by atoms with van der Waals surface area (Å²) < 4.78 is 1.99. The molecule has 2 aliphatic heterocycles.